The van der Waals surface area contributed by atoms with Crippen molar-refractivity contribution in [2.45, 2.75) is 33.1 Å². The van der Waals surface area contributed by atoms with Crippen molar-refractivity contribution in [1.82, 2.24) is 10.3 Å². The van der Waals surface area contributed by atoms with Crippen molar-refractivity contribution in [3.63, 3.8) is 0 Å². The van der Waals surface area contributed by atoms with Crippen LogP contribution in [-0.2, 0) is 11.2 Å². The molecule has 0 aliphatic rings. The highest BCUT2D eigenvalue weighted by Crippen LogP contribution is 2.26. The average Bonchev–Trinajstić information content (AvgIpc) is 2.91. The van der Waals surface area contributed by atoms with Crippen LogP contribution in [0.1, 0.15) is 31.7 Å². The number of thiazole rings is 1. The first-order valence-corrected chi connectivity index (χ1v) is 8.77. The number of hydrogen-bond acceptors (Lipinski definition) is 4. The summed E-state index contributed by atoms with van der Waals surface area (Å²) in [6.07, 6.45) is 2.23. The molecule has 1 amide bonds. The van der Waals surface area contributed by atoms with Crippen LogP contribution in [0.4, 0.5) is 0 Å². The summed E-state index contributed by atoms with van der Waals surface area (Å²) in [5.74, 6) is 0.0455. The van der Waals surface area contributed by atoms with Crippen molar-refractivity contribution < 1.29 is 4.79 Å². The summed E-state index contributed by atoms with van der Waals surface area (Å²) >= 11 is 7.60. The molecule has 0 aliphatic carbocycles. The average molecular weight is 340 g/mol. The molecule has 1 aromatic heterocycles. The maximum atomic E-state index is 12.3. The Balaban J connectivity index is 1.96. The van der Waals surface area contributed by atoms with Gasteiger partial charge in [0.2, 0.25) is 5.91 Å². The Morgan fingerprint density at radius 1 is 1.41 bits per heavy atom. The molecule has 4 nitrogen and oxygen atoms in total. The lowest BCUT2D eigenvalue weighted by molar-refractivity contribution is -0.131. The van der Waals surface area contributed by atoms with Crippen molar-refractivity contribution in [3.05, 3.63) is 28.2 Å². The Morgan fingerprint density at radius 2 is 2.14 bits per heavy atom. The van der Waals surface area contributed by atoms with Crippen LogP contribution in [0.5, 0.6) is 0 Å². The largest absolute Gasteiger partial charge is 0.355 e. The van der Waals surface area contributed by atoms with Crippen LogP contribution in [0.25, 0.3) is 10.2 Å². The number of hydrogen-bond donors (Lipinski definition) is 2. The van der Waals surface area contributed by atoms with Crippen LogP contribution < -0.4 is 11.1 Å². The summed E-state index contributed by atoms with van der Waals surface area (Å²) in [5, 5.41) is 4.70. The molecule has 0 radical (unpaired) electrons. The van der Waals surface area contributed by atoms with Gasteiger partial charge in [-0.15, -0.1) is 11.3 Å². The molecule has 0 aliphatic heterocycles. The number of amides is 1. The van der Waals surface area contributed by atoms with Gasteiger partial charge in [0.1, 0.15) is 0 Å². The zero-order valence-corrected chi connectivity index (χ0v) is 14.6. The van der Waals surface area contributed by atoms with Gasteiger partial charge in [-0.1, -0.05) is 25.4 Å². The van der Waals surface area contributed by atoms with Crippen molar-refractivity contribution >= 4 is 39.1 Å². The van der Waals surface area contributed by atoms with E-state index in [0.29, 0.717) is 18.1 Å². The highest BCUT2D eigenvalue weighted by molar-refractivity contribution is 7.18. The van der Waals surface area contributed by atoms with Crippen LogP contribution in [0.15, 0.2) is 18.2 Å². The van der Waals surface area contributed by atoms with Crippen LogP contribution in [0.2, 0.25) is 5.02 Å². The minimum Gasteiger partial charge on any atom is -0.355 e. The number of fused-ring (bicyclic) bond motifs is 1. The van der Waals surface area contributed by atoms with Gasteiger partial charge in [0, 0.05) is 24.5 Å². The second-order valence-corrected chi connectivity index (χ2v) is 6.97. The standard InChI is InChI=1S/C16H22ClN3OS/c1-3-16(4-2,10-18)15(21)19-8-7-14-20-12-9-11(17)5-6-13(12)22-14/h5-6,9H,3-4,7-8,10,18H2,1-2H3,(H,19,21). The third-order valence-electron chi connectivity index (χ3n) is 4.24. The van der Waals surface area contributed by atoms with E-state index in [9.17, 15) is 4.79 Å². The van der Waals surface area contributed by atoms with Gasteiger partial charge in [0.15, 0.2) is 0 Å². The minimum atomic E-state index is -0.443. The van der Waals surface area contributed by atoms with Gasteiger partial charge in [-0.05, 0) is 31.0 Å². The van der Waals surface area contributed by atoms with E-state index in [1.807, 2.05) is 32.0 Å². The molecule has 0 spiro atoms. The lowest BCUT2D eigenvalue weighted by Gasteiger charge is -2.28. The predicted molar refractivity (Wildman–Crippen MR) is 93.4 cm³/mol. The van der Waals surface area contributed by atoms with Gasteiger partial charge < -0.3 is 11.1 Å². The molecule has 0 bridgehead atoms. The first-order chi connectivity index (χ1) is 10.5. The fourth-order valence-electron chi connectivity index (χ4n) is 2.48. The van der Waals surface area contributed by atoms with E-state index in [2.05, 4.69) is 10.3 Å². The topological polar surface area (TPSA) is 68.0 Å². The SMILES string of the molecule is CCC(CC)(CN)C(=O)NCCc1nc2cc(Cl)ccc2s1. The fraction of sp³-hybridized carbons (Fsp3) is 0.500. The van der Waals surface area contributed by atoms with Crippen molar-refractivity contribution in [3.8, 4) is 0 Å². The maximum Gasteiger partial charge on any atom is 0.227 e. The second-order valence-electron chi connectivity index (χ2n) is 5.42. The van der Waals surface area contributed by atoms with E-state index >= 15 is 0 Å². The quantitative estimate of drug-likeness (QED) is 0.812. The number of carbonyl (C=O) groups is 1. The van der Waals surface area contributed by atoms with E-state index in [1.165, 1.54) is 0 Å². The molecule has 1 heterocycles. The van der Waals surface area contributed by atoms with Crippen LogP contribution >= 0.6 is 22.9 Å². The van der Waals surface area contributed by atoms with Gasteiger partial charge in [0.05, 0.1) is 20.6 Å². The monoisotopic (exact) mass is 339 g/mol. The number of aromatic nitrogens is 1. The molecule has 0 fully saturated rings. The summed E-state index contributed by atoms with van der Waals surface area (Å²) in [6.45, 7) is 4.97. The number of carbonyl (C=O) groups excluding carboxylic acids is 1. The van der Waals surface area contributed by atoms with Crippen molar-refractivity contribution in [2.24, 2.45) is 11.1 Å². The molecular weight excluding hydrogens is 318 g/mol. The molecule has 0 unspecified atom stereocenters. The van der Waals surface area contributed by atoms with Crippen molar-refractivity contribution in [2.75, 3.05) is 13.1 Å². The Hall–Kier alpha value is -1.17. The van der Waals surface area contributed by atoms with Crippen LogP contribution in [-0.4, -0.2) is 24.0 Å². The molecule has 0 saturated carbocycles. The van der Waals surface area contributed by atoms with E-state index in [4.69, 9.17) is 17.3 Å². The van der Waals surface area contributed by atoms with Gasteiger partial charge in [-0.25, -0.2) is 4.98 Å². The highest BCUT2D eigenvalue weighted by Gasteiger charge is 2.32. The number of nitrogens with one attached hydrogen (secondary N) is 1. The molecule has 0 atom stereocenters. The summed E-state index contributed by atoms with van der Waals surface area (Å²) in [4.78, 5) is 16.9. The number of benzene rings is 1. The van der Waals surface area contributed by atoms with Crippen LogP contribution in [0, 0.1) is 5.41 Å². The van der Waals surface area contributed by atoms with Crippen molar-refractivity contribution in [1.29, 1.82) is 0 Å². The smallest absolute Gasteiger partial charge is 0.227 e. The molecular formula is C16H22ClN3OS. The van der Waals surface area contributed by atoms with Crippen LogP contribution in [0.3, 0.4) is 0 Å². The zero-order valence-electron chi connectivity index (χ0n) is 13.0. The Kier molecular flexibility index (Phi) is 5.78. The third-order valence-corrected chi connectivity index (χ3v) is 5.58. The van der Waals surface area contributed by atoms with Gasteiger partial charge in [-0.2, -0.15) is 0 Å². The number of rotatable bonds is 7. The molecule has 3 N–H and O–H groups in total. The number of nitrogens with two attached hydrogens (primary N) is 1. The van der Waals surface area contributed by atoms with E-state index < -0.39 is 5.41 Å². The summed E-state index contributed by atoms with van der Waals surface area (Å²) in [5.41, 5.74) is 6.26. The highest BCUT2D eigenvalue weighted by atomic mass is 35.5. The Labute approximate surface area is 140 Å². The van der Waals surface area contributed by atoms with Gasteiger partial charge >= 0.3 is 0 Å². The van der Waals surface area contributed by atoms with Gasteiger partial charge in [0.25, 0.3) is 0 Å². The normalized spacial score (nSPS) is 11.8. The summed E-state index contributed by atoms with van der Waals surface area (Å²) in [7, 11) is 0. The number of nitrogens with zero attached hydrogens (tertiary/aromatic N) is 1. The first-order valence-electron chi connectivity index (χ1n) is 7.58. The lowest BCUT2D eigenvalue weighted by atomic mass is 9.81. The van der Waals surface area contributed by atoms with E-state index in [0.717, 1.165) is 34.5 Å². The summed E-state index contributed by atoms with van der Waals surface area (Å²) < 4.78 is 1.11. The fourth-order valence-corrected chi connectivity index (χ4v) is 3.59. The lowest BCUT2D eigenvalue weighted by Crippen LogP contribution is -2.45. The zero-order chi connectivity index (χ0) is 16.2. The first kappa shape index (κ1) is 17.2. The molecule has 120 valence electrons. The van der Waals surface area contributed by atoms with Gasteiger partial charge in [-0.3, -0.25) is 4.79 Å². The van der Waals surface area contributed by atoms with E-state index in [1.54, 1.807) is 11.3 Å². The summed E-state index contributed by atoms with van der Waals surface area (Å²) in [6, 6.07) is 5.71. The molecule has 2 aromatic rings. The molecule has 22 heavy (non-hydrogen) atoms. The third kappa shape index (κ3) is 3.59. The second kappa shape index (κ2) is 7.40. The molecule has 2 rings (SSSR count). The molecule has 6 heteroatoms. The maximum absolute atomic E-state index is 12.3. The van der Waals surface area contributed by atoms with E-state index in [-0.39, 0.29) is 5.91 Å². The molecule has 0 saturated heterocycles. The molecule has 1 aromatic carbocycles. The predicted octanol–water partition coefficient (Wildman–Crippen LogP) is 3.37. The Morgan fingerprint density at radius 3 is 2.77 bits per heavy atom. The Bertz CT molecular complexity index is 644. The minimum absolute atomic E-state index is 0.0455. The number of halogens is 1.